The second-order valence-corrected chi connectivity index (χ2v) is 10.9. The number of likely N-dealkylation sites (tertiary alicyclic amines) is 1. The minimum atomic E-state index is -0.816. The predicted molar refractivity (Wildman–Crippen MR) is 145 cm³/mol. The number of hydrogen-bond donors (Lipinski definition) is 2. The van der Waals surface area contributed by atoms with Gasteiger partial charge in [-0.15, -0.1) is 0 Å². The molecular weight excluding hydrogens is 482 g/mol. The number of unbranched alkanes of at least 4 members (excludes halogenated alkanes) is 2. The fourth-order valence-electron chi connectivity index (χ4n) is 6.49. The smallest absolute Gasteiger partial charge is 0.303 e. The second-order valence-electron chi connectivity index (χ2n) is 10.9. The zero-order valence-electron chi connectivity index (χ0n) is 22.7. The highest BCUT2D eigenvalue weighted by molar-refractivity contribution is 6.05. The number of aromatic hydroxyl groups is 1. The summed E-state index contributed by atoms with van der Waals surface area (Å²) >= 11 is 0. The molecule has 2 aliphatic heterocycles. The summed E-state index contributed by atoms with van der Waals surface area (Å²) in [5.74, 6) is -1.33. The van der Waals surface area contributed by atoms with E-state index in [0.717, 1.165) is 37.7 Å². The summed E-state index contributed by atoms with van der Waals surface area (Å²) in [6.45, 7) is 5.17. The van der Waals surface area contributed by atoms with Crippen LogP contribution in [0.2, 0.25) is 0 Å². The lowest BCUT2D eigenvalue weighted by atomic mass is 9.68. The van der Waals surface area contributed by atoms with E-state index in [0.29, 0.717) is 38.8 Å². The van der Waals surface area contributed by atoms with Crippen LogP contribution in [0.1, 0.15) is 83.6 Å². The highest BCUT2D eigenvalue weighted by Crippen LogP contribution is 2.50. The Morgan fingerprint density at radius 3 is 2.50 bits per heavy atom. The van der Waals surface area contributed by atoms with Crippen LogP contribution in [0.3, 0.4) is 0 Å². The zero-order valence-corrected chi connectivity index (χ0v) is 22.7. The third-order valence-electron chi connectivity index (χ3n) is 8.37. The number of carbonyl (C=O) groups excluding carboxylic acids is 2. The van der Waals surface area contributed by atoms with Crippen LogP contribution in [-0.2, 0) is 19.1 Å². The fraction of sp³-hybridized carbons (Fsp3) is 0.581. The van der Waals surface area contributed by atoms with Crippen molar-refractivity contribution in [3.63, 3.8) is 0 Å². The van der Waals surface area contributed by atoms with Crippen LogP contribution < -0.4 is 0 Å². The highest BCUT2D eigenvalue weighted by atomic mass is 16.5. The summed E-state index contributed by atoms with van der Waals surface area (Å²) in [5.41, 5.74) is 4.97. The van der Waals surface area contributed by atoms with Crippen LogP contribution in [0.5, 0.6) is 5.75 Å². The van der Waals surface area contributed by atoms with Crippen molar-refractivity contribution in [3.8, 4) is 5.75 Å². The molecule has 2 N–H and O–H groups in total. The molecule has 1 aromatic carbocycles. The van der Waals surface area contributed by atoms with Gasteiger partial charge in [-0.05, 0) is 68.2 Å². The van der Waals surface area contributed by atoms with E-state index < -0.39 is 5.97 Å². The van der Waals surface area contributed by atoms with Crippen molar-refractivity contribution in [2.24, 2.45) is 17.8 Å². The van der Waals surface area contributed by atoms with E-state index in [4.69, 9.17) is 9.84 Å². The van der Waals surface area contributed by atoms with Gasteiger partial charge in [-0.3, -0.25) is 19.3 Å². The summed E-state index contributed by atoms with van der Waals surface area (Å²) in [6, 6.07) is 7.22. The maximum absolute atomic E-state index is 13.5. The van der Waals surface area contributed by atoms with Crippen LogP contribution >= 0.6 is 0 Å². The van der Waals surface area contributed by atoms with E-state index in [1.54, 1.807) is 12.1 Å². The molecule has 38 heavy (non-hydrogen) atoms. The summed E-state index contributed by atoms with van der Waals surface area (Å²) in [6.07, 6.45) is 9.40. The third kappa shape index (κ3) is 6.20. The molecule has 2 amide bonds. The summed E-state index contributed by atoms with van der Waals surface area (Å²) in [4.78, 5) is 39.0. The normalized spacial score (nSPS) is 25.2. The van der Waals surface area contributed by atoms with Crippen LogP contribution in [0.25, 0.3) is 6.08 Å². The van der Waals surface area contributed by atoms with Crippen LogP contribution in [0.4, 0.5) is 0 Å². The lowest BCUT2D eigenvalue weighted by Gasteiger charge is -2.32. The van der Waals surface area contributed by atoms with E-state index in [1.807, 2.05) is 12.1 Å². The first-order chi connectivity index (χ1) is 18.3. The third-order valence-corrected chi connectivity index (χ3v) is 8.37. The van der Waals surface area contributed by atoms with E-state index >= 15 is 0 Å². The minimum Gasteiger partial charge on any atom is -0.508 e. The molecule has 1 aliphatic carbocycles. The van der Waals surface area contributed by atoms with Gasteiger partial charge in [0.25, 0.3) is 0 Å². The summed E-state index contributed by atoms with van der Waals surface area (Å²) < 4.78 is 6.34. The first-order valence-electron chi connectivity index (χ1n) is 14.2. The van der Waals surface area contributed by atoms with Gasteiger partial charge in [0.1, 0.15) is 5.75 Å². The molecule has 2 heterocycles. The lowest BCUT2D eigenvalue weighted by Crippen LogP contribution is -2.34. The molecule has 1 aromatic rings. The van der Waals surface area contributed by atoms with Crippen molar-refractivity contribution in [1.29, 1.82) is 0 Å². The monoisotopic (exact) mass is 523 g/mol. The first-order valence-corrected chi connectivity index (χ1v) is 14.2. The van der Waals surface area contributed by atoms with Gasteiger partial charge in [0, 0.05) is 18.9 Å². The van der Waals surface area contributed by atoms with E-state index in [-0.39, 0.29) is 47.8 Å². The Balaban J connectivity index is 1.45. The maximum Gasteiger partial charge on any atom is 0.303 e. The molecule has 0 radical (unpaired) electrons. The molecular formula is C31H41NO6. The van der Waals surface area contributed by atoms with Crippen molar-refractivity contribution < 1.29 is 29.3 Å². The van der Waals surface area contributed by atoms with Gasteiger partial charge < -0.3 is 14.9 Å². The molecule has 2 fully saturated rings. The van der Waals surface area contributed by atoms with Crippen molar-refractivity contribution in [3.05, 3.63) is 46.5 Å². The Hall–Kier alpha value is -2.93. The Morgan fingerprint density at radius 2 is 1.82 bits per heavy atom. The highest BCUT2D eigenvalue weighted by Gasteiger charge is 2.56. The largest absolute Gasteiger partial charge is 0.508 e. The molecule has 4 atom stereocenters. The number of hydrogen-bond acceptors (Lipinski definition) is 5. The van der Waals surface area contributed by atoms with Gasteiger partial charge in [-0.2, -0.15) is 0 Å². The number of fused-ring (bicyclic) bond motifs is 3. The topological polar surface area (TPSA) is 104 Å². The molecule has 7 heteroatoms. The van der Waals surface area contributed by atoms with Crippen LogP contribution in [-0.4, -0.2) is 52.2 Å². The van der Waals surface area contributed by atoms with Gasteiger partial charge in [-0.1, -0.05) is 56.0 Å². The number of carboxylic acids is 1. The van der Waals surface area contributed by atoms with Gasteiger partial charge in [0.05, 0.1) is 24.5 Å². The molecule has 0 bridgehead atoms. The summed E-state index contributed by atoms with van der Waals surface area (Å²) in [5, 5.41) is 18.4. The number of allylic oxidation sites excluding steroid dienone is 2. The maximum atomic E-state index is 13.5. The molecule has 7 nitrogen and oxygen atoms in total. The average Bonchev–Trinajstić information content (AvgIpc) is 3.42. The average molecular weight is 524 g/mol. The number of nitrogens with zero attached hydrogens (tertiary/aromatic N) is 1. The molecule has 0 unspecified atom stereocenters. The molecule has 4 rings (SSSR count). The quantitative estimate of drug-likeness (QED) is 0.194. The first kappa shape index (κ1) is 28.1. The van der Waals surface area contributed by atoms with Gasteiger partial charge in [0.2, 0.25) is 11.8 Å². The number of benzene rings is 1. The van der Waals surface area contributed by atoms with E-state index in [1.165, 1.54) is 21.6 Å². The molecule has 0 saturated carbocycles. The Bertz CT molecular complexity index is 1090. The van der Waals surface area contributed by atoms with Gasteiger partial charge in [0.15, 0.2) is 0 Å². The fourth-order valence-corrected chi connectivity index (χ4v) is 6.49. The number of ether oxygens (including phenoxy) is 1. The SMILES string of the molecule is CCCC1=C2[C@@H](CC/C(=C/c3ccc(O)cc3)CC)OC[C@@H]2[C@@H]2C(=O)N(CCCCCC(=O)O)C(=O)[C@@H]2C1. The van der Waals surface area contributed by atoms with Crippen molar-refractivity contribution in [1.82, 2.24) is 4.90 Å². The summed E-state index contributed by atoms with van der Waals surface area (Å²) in [7, 11) is 0. The number of aliphatic carboxylic acids is 1. The molecule has 3 aliphatic rings. The predicted octanol–water partition coefficient (Wildman–Crippen LogP) is 5.73. The molecule has 0 spiro atoms. The number of rotatable bonds is 13. The Labute approximate surface area is 225 Å². The number of carboxylic acid groups (broad SMARTS) is 1. The number of carbonyl (C=O) groups is 3. The van der Waals surface area contributed by atoms with Crippen LogP contribution in [0, 0.1) is 17.8 Å². The second kappa shape index (κ2) is 12.7. The van der Waals surface area contributed by atoms with Crippen molar-refractivity contribution in [2.75, 3.05) is 13.2 Å². The molecule has 206 valence electrons. The number of imide groups is 1. The number of amides is 2. The number of phenols is 1. The Kier molecular flexibility index (Phi) is 9.42. The van der Waals surface area contributed by atoms with Gasteiger partial charge >= 0.3 is 5.97 Å². The lowest BCUT2D eigenvalue weighted by molar-refractivity contribution is -0.141. The molecule has 0 aromatic heterocycles. The zero-order chi connectivity index (χ0) is 27.2. The van der Waals surface area contributed by atoms with E-state index in [9.17, 15) is 19.5 Å². The van der Waals surface area contributed by atoms with Crippen molar-refractivity contribution >= 4 is 23.9 Å². The molecule has 2 saturated heterocycles. The standard InChI is InChI=1S/C31H41NO6/c1-3-8-22-18-24-29(31(37)32(30(24)36)16-7-5-6-9-27(34)35)25-19-38-26(28(22)25)15-12-20(4-2)17-21-10-13-23(33)14-11-21/h10-11,13-14,17,24-26,29,33H,3-9,12,15-16,18-19H2,1-2H3,(H,34,35)/b20-17+/t24-,25+,26-,29-/m1/s1. The Morgan fingerprint density at radius 1 is 1.05 bits per heavy atom. The van der Waals surface area contributed by atoms with Crippen molar-refractivity contribution in [2.45, 2.75) is 84.2 Å². The van der Waals surface area contributed by atoms with Crippen LogP contribution in [0.15, 0.2) is 41.0 Å². The number of phenolic OH excluding ortho intramolecular Hbond substituents is 1. The van der Waals surface area contributed by atoms with E-state index in [2.05, 4.69) is 19.9 Å². The van der Waals surface area contributed by atoms with Gasteiger partial charge in [-0.25, -0.2) is 0 Å². The minimum absolute atomic E-state index is 0.0229.